The molecule has 8 heteroatoms. The molecule has 23 heavy (non-hydrogen) atoms. The molecule has 0 radical (unpaired) electrons. The summed E-state index contributed by atoms with van der Waals surface area (Å²) in [5, 5.41) is 21.2. The van der Waals surface area contributed by atoms with Crippen LogP contribution in [0.4, 0.5) is 5.69 Å². The second-order valence-corrected chi connectivity index (χ2v) is 7.22. The molecule has 0 bridgehead atoms. The molecule has 0 amide bonds. The number of fused-ring (bicyclic) bond motifs is 1. The summed E-state index contributed by atoms with van der Waals surface area (Å²) in [5.41, 5.74) is -0.442. The van der Waals surface area contributed by atoms with Crippen LogP contribution in [0.5, 0.6) is 0 Å². The van der Waals surface area contributed by atoms with Crippen molar-refractivity contribution in [1.82, 2.24) is 4.90 Å². The highest BCUT2D eigenvalue weighted by molar-refractivity contribution is 6.36. The zero-order chi connectivity index (χ0) is 16.8. The molecule has 3 rings (SSSR count). The maximum absolute atomic E-state index is 11.7. The van der Waals surface area contributed by atoms with Gasteiger partial charge in [-0.15, -0.1) is 0 Å². The number of likely N-dealkylation sites (tertiary alicyclic amines) is 1. The molecule has 124 valence electrons. The van der Waals surface area contributed by atoms with E-state index in [1.165, 1.54) is 12.1 Å². The number of nitro benzene ring substituents is 1. The Kier molecular flexibility index (Phi) is 4.25. The average Bonchev–Trinajstić information content (AvgIpc) is 2.94. The van der Waals surface area contributed by atoms with Gasteiger partial charge in [-0.1, -0.05) is 29.6 Å². The summed E-state index contributed by atoms with van der Waals surface area (Å²) in [7, 11) is 0. The van der Waals surface area contributed by atoms with E-state index < -0.39 is 16.3 Å². The Bertz CT molecular complexity index is 682. The van der Waals surface area contributed by atoms with Crippen LogP contribution in [0.3, 0.4) is 0 Å². The van der Waals surface area contributed by atoms with Gasteiger partial charge in [-0.3, -0.25) is 19.8 Å². The number of hydrogen-bond acceptors (Lipinski definition) is 4. The molecule has 1 heterocycles. The highest BCUT2D eigenvalue weighted by atomic mass is 35.5. The van der Waals surface area contributed by atoms with E-state index in [4.69, 9.17) is 23.2 Å². The lowest BCUT2D eigenvalue weighted by atomic mass is 9.81. The van der Waals surface area contributed by atoms with Crippen LogP contribution in [0.25, 0.3) is 0 Å². The van der Waals surface area contributed by atoms with Crippen LogP contribution in [0.2, 0.25) is 10.0 Å². The fraction of sp³-hybridized carbons (Fsp3) is 0.533. The first-order valence-electron chi connectivity index (χ1n) is 7.41. The predicted molar refractivity (Wildman–Crippen MR) is 85.8 cm³/mol. The van der Waals surface area contributed by atoms with E-state index in [1.54, 1.807) is 0 Å². The molecule has 2 fully saturated rings. The number of carboxylic acid groups (broad SMARTS) is 1. The number of halogens is 2. The summed E-state index contributed by atoms with van der Waals surface area (Å²) in [6.45, 7) is 1.32. The first-order chi connectivity index (χ1) is 10.8. The van der Waals surface area contributed by atoms with Gasteiger partial charge in [0.1, 0.15) is 5.02 Å². The fourth-order valence-corrected chi connectivity index (χ4v) is 4.65. The number of benzene rings is 1. The van der Waals surface area contributed by atoms with Crippen molar-refractivity contribution in [2.45, 2.75) is 25.8 Å². The van der Waals surface area contributed by atoms with Crippen LogP contribution in [0.15, 0.2) is 12.1 Å². The molecule has 0 spiro atoms. The minimum Gasteiger partial charge on any atom is -0.481 e. The van der Waals surface area contributed by atoms with E-state index in [1.807, 2.05) is 4.90 Å². The first kappa shape index (κ1) is 16.5. The Morgan fingerprint density at radius 3 is 2.83 bits per heavy atom. The third-order valence-corrected chi connectivity index (χ3v) is 5.56. The number of nitro groups is 1. The molecule has 1 aliphatic carbocycles. The van der Waals surface area contributed by atoms with Crippen molar-refractivity contribution in [2.75, 3.05) is 13.1 Å². The van der Waals surface area contributed by atoms with Gasteiger partial charge in [-0.25, -0.2) is 0 Å². The average molecular weight is 359 g/mol. The topological polar surface area (TPSA) is 83.7 Å². The highest BCUT2D eigenvalue weighted by Gasteiger charge is 2.54. The maximum atomic E-state index is 11.7. The quantitative estimate of drug-likeness (QED) is 0.656. The van der Waals surface area contributed by atoms with Crippen molar-refractivity contribution < 1.29 is 14.8 Å². The first-order valence-corrected chi connectivity index (χ1v) is 8.17. The Labute approximate surface area is 143 Å². The smallest absolute Gasteiger partial charge is 0.311 e. The van der Waals surface area contributed by atoms with Gasteiger partial charge in [0, 0.05) is 30.2 Å². The Morgan fingerprint density at radius 2 is 2.22 bits per heavy atom. The number of nitrogens with zero attached hydrogens (tertiary/aromatic N) is 2. The van der Waals surface area contributed by atoms with E-state index >= 15 is 0 Å². The Morgan fingerprint density at radius 1 is 1.48 bits per heavy atom. The number of carboxylic acids is 1. The van der Waals surface area contributed by atoms with Gasteiger partial charge in [0.05, 0.1) is 10.3 Å². The molecular formula is C15H16Cl2N2O4. The third kappa shape index (κ3) is 2.79. The lowest BCUT2D eigenvalue weighted by Crippen LogP contribution is -2.35. The summed E-state index contributed by atoms with van der Waals surface area (Å²) in [4.78, 5) is 24.4. The molecule has 1 aromatic carbocycles. The number of carbonyl (C=O) groups is 1. The van der Waals surface area contributed by atoms with Crippen molar-refractivity contribution in [1.29, 1.82) is 0 Å². The monoisotopic (exact) mass is 358 g/mol. The molecule has 1 aliphatic heterocycles. The third-order valence-electron chi connectivity index (χ3n) is 5.05. The van der Waals surface area contributed by atoms with Crippen LogP contribution in [-0.4, -0.2) is 34.0 Å². The summed E-state index contributed by atoms with van der Waals surface area (Å²) in [5.74, 6) is -0.658. The van der Waals surface area contributed by atoms with Crippen molar-refractivity contribution >= 4 is 34.9 Å². The van der Waals surface area contributed by atoms with Crippen LogP contribution < -0.4 is 0 Å². The van der Waals surface area contributed by atoms with Gasteiger partial charge in [0.25, 0.3) is 5.69 Å². The highest BCUT2D eigenvalue weighted by Crippen LogP contribution is 2.49. The zero-order valence-electron chi connectivity index (χ0n) is 12.3. The lowest BCUT2D eigenvalue weighted by Gasteiger charge is -2.23. The summed E-state index contributed by atoms with van der Waals surface area (Å²) in [6, 6.07) is 2.88. The molecule has 1 saturated carbocycles. The van der Waals surface area contributed by atoms with Gasteiger partial charge in [-0.2, -0.15) is 0 Å². The normalized spacial score (nSPS) is 27.1. The molecular weight excluding hydrogens is 343 g/mol. The van der Waals surface area contributed by atoms with Gasteiger partial charge >= 0.3 is 5.97 Å². The van der Waals surface area contributed by atoms with E-state index in [9.17, 15) is 20.0 Å². The number of aliphatic carboxylic acids is 1. The second-order valence-electron chi connectivity index (χ2n) is 6.37. The molecule has 1 N–H and O–H groups in total. The summed E-state index contributed by atoms with van der Waals surface area (Å²) < 4.78 is 0. The van der Waals surface area contributed by atoms with E-state index in [-0.39, 0.29) is 23.2 Å². The molecule has 2 aliphatic rings. The molecule has 2 atom stereocenters. The summed E-state index contributed by atoms with van der Waals surface area (Å²) >= 11 is 11.9. The van der Waals surface area contributed by atoms with Crippen LogP contribution >= 0.6 is 23.2 Å². The Balaban J connectivity index is 1.87. The van der Waals surface area contributed by atoms with Gasteiger partial charge < -0.3 is 5.11 Å². The second kappa shape index (κ2) is 5.92. The number of hydrogen-bond donors (Lipinski definition) is 1. The number of rotatable bonds is 4. The fourth-order valence-electron chi connectivity index (χ4n) is 4.05. The SMILES string of the molecule is O=C(O)[C@@]12CCC[C@H]1CN(Cc1cc(Cl)cc(Cl)c1[N+](=O)[O-])C2. The minimum absolute atomic E-state index is 0.00448. The maximum Gasteiger partial charge on any atom is 0.311 e. The van der Waals surface area contributed by atoms with Crippen LogP contribution in [-0.2, 0) is 11.3 Å². The van der Waals surface area contributed by atoms with Crippen molar-refractivity contribution in [3.63, 3.8) is 0 Å². The van der Waals surface area contributed by atoms with E-state index in [0.717, 1.165) is 12.8 Å². The van der Waals surface area contributed by atoms with Gasteiger partial charge in [-0.05, 0) is 30.9 Å². The van der Waals surface area contributed by atoms with Crippen molar-refractivity contribution in [3.8, 4) is 0 Å². The Hall–Kier alpha value is -1.37. The summed E-state index contributed by atoms with van der Waals surface area (Å²) in [6.07, 6.45) is 2.48. The molecule has 1 aromatic rings. The van der Waals surface area contributed by atoms with Crippen molar-refractivity contribution in [2.24, 2.45) is 11.3 Å². The standard InChI is InChI=1S/C15H16Cl2N2O4/c16-11-4-9(13(19(22)23)12(17)5-11)6-18-7-10-2-1-3-15(10,8-18)14(20)21/h4-5,10H,1-3,6-8H2,(H,20,21)/t10-,15+/m0/s1. The largest absolute Gasteiger partial charge is 0.481 e. The molecule has 6 nitrogen and oxygen atoms in total. The van der Waals surface area contributed by atoms with Crippen molar-refractivity contribution in [3.05, 3.63) is 37.9 Å². The minimum atomic E-state index is -0.763. The molecule has 1 saturated heterocycles. The lowest BCUT2D eigenvalue weighted by molar-refractivity contribution is -0.385. The van der Waals surface area contributed by atoms with Crippen LogP contribution in [0.1, 0.15) is 24.8 Å². The zero-order valence-corrected chi connectivity index (χ0v) is 13.8. The molecule has 0 aromatic heterocycles. The predicted octanol–water partition coefficient (Wildman–Crippen LogP) is 3.59. The molecule has 0 unspecified atom stereocenters. The van der Waals surface area contributed by atoms with E-state index in [0.29, 0.717) is 30.1 Å². The van der Waals surface area contributed by atoms with E-state index in [2.05, 4.69) is 0 Å². The van der Waals surface area contributed by atoms with Crippen LogP contribution in [0, 0.1) is 21.4 Å². The van der Waals surface area contributed by atoms with Gasteiger partial charge in [0.2, 0.25) is 0 Å². The van der Waals surface area contributed by atoms with Gasteiger partial charge in [0.15, 0.2) is 0 Å².